The molecule has 0 saturated carbocycles. The summed E-state index contributed by atoms with van der Waals surface area (Å²) in [5.41, 5.74) is 5.99. The van der Waals surface area contributed by atoms with Gasteiger partial charge in [0, 0.05) is 12.1 Å². The molecule has 0 aromatic heterocycles. The van der Waals surface area contributed by atoms with Crippen LogP contribution < -0.4 is 11.1 Å². The van der Waals surface area contributed by atoms with E-state index in [9.17, 15) is 0 Å². The van der Waals surface area contributed by atoms with Crippen molar-refractivity contribution in [3.05, 3.63) is 0 Å². The third kappa shape index (κ3) is 11.5. The SMILES string of the molecule is CCC(CC)CC(C)NC(C)CC(CN)CCCCC(C)C. The average Bonchev–Trinajstić information content (AvgIpc) is 2.47. The molecule has 0 saturated heterocycles. The molecule has 0 aromatic carbocycles. The van der Waals surface area contributed by atoms with E-state index in [1.165, 1.54) is 51.4 Å². The van der Waals surface area contributed by atoms with E-state index >= 15 is 0 Å². The predicted molar refractivity (Wildman–Crippen MR) is 101 cm³/mol. The Bertz CT molecular complexity index is 236. The van der Waals surface area contributed by atoms with Gasteiger partial charge < -0.3 is 11.1 Å². The molecule has 0 aliphatic heterocycles. The molecule has 3 atom stereocenters. The highest BCUT2D eigenvalue weighted by atomic mass is 14.9. The minimum atomic E-state index is 0.586. The second-order valence-corrected chi connectivity index (χ2v) is 7.90. The highest BCUT2D eigenvalue weighted by Crippen LogP contribution is 2.18. The third-order valence-electron chi connectivity index (χ3n) is 5.07. The number of rotatable bonds is 14. The summed E-state index contributed by atoms with van der Waals surface area (Å²) in [6.45, 7) is 14.8. The quantitative estimate of drug-likeness (QED) is 0.424. The van der Waals surface area contributed by atoms with Gasteiger partial charge in [0.05, 0.1) is 0 Å². The van der Waals surface area contributed by atoms with Crippen LogP contribution in [-0.4, -0.2) is 18.6 Å². The molecule has 0 bridgehead atoms. The van der Waals surface area contributed by atoms with Crippen molar-refractivity contribution < 1.29 is 0 Å². The highest BCUT2D eigenvalue weighted by Gasteiger charge is 2.15. The highest BCUT2D eigenvalue weighted by molar-refractivity contribution is 4.74. The number of hydrogen-bond acceptors (Lipinski definition) is 2. The van der Waals surface area contributed by atoms with Crippen LogP contribution in [0.15, 0.2) is 0 Å². The molecule has 0 spiro atoms. The topological polar surface area (TPSA) is 38.0 Å². The second-order valence-electron chi connectivity index (χ2n) is 7.90. The smallest absolute Gasteiger partial charge is 0.00443 e. The lowest BCUT2D eigenvalue weighted by Crippen LogP contribution is -2.37. The Balaban J connectivity index is 3.96. The summed E-state index contributed by atoms with van der Waals surface area (Å²) < 4.78 is 0. The monoisotopic (exact) mass is 312 g/mol. The Morgan fingerprint density at radius 3 is 1.73 bits per heavy atom. The zero-order chi connectivity index (χ0) is 17.0. The van der Waals surface area contributed by atoms with Gasteiger partial charge in [-0.3, -0.25) is 0 Å². The van der Waals surface area contributed by atoms with Crippen molar-refractivity contribution in [2.24, 2.45) is 23.5 Å². The third-order valence-corrected chi connectivity index (χ3v) is 5.07. The molecular weight excluding hydrogens is 268 g/mol. The van der Waals surface area contributed by atoms with E-state index in [1.807, 2.05) is 0 Å². The first-order chi connectivity index (χ1) is 10.4. The van der Waals surface area contributed by atoms with Gasteiger partial charge in [-0.15, -0.1) is 0 Å². The zero-order valence-electron chi connectivity index (χ0n) is 16.3. The molecule has 0 heterocycles. The van der Waals surface area contributed by atoms with Crippen molar-refractivity contribution in [1.29, 1.82) is 0 Å². The van der Waals surface area contributed by atoms with Gasteiger partial charge in [-0.1, -0.05) is 59.8 Å². The number of nitrogens with one attached hydrogen (secondary N) is 1. The van der Waals surface area contributed by atoms with Gasteiger partial charge >= 0.3 is 0 Å². The molecule has 0 radical (unpaired) electrons. The Morgan fingerprint density at radius 2 is 1.27 bits per heavy atom. The van der Waals surface area contributed by atoms with Gasteiger partial charge in [0.15, 0.2) is 0 Å². The van der Waals surface area contributed by atoms with Crippen LogP contribution in [0.1, 0.15) is 92.9 Å². The van der Waals surface area contributed by atoms with Crippen molar-refractivity contribution in [2.45, 2.75) is 105 Å². The van der Waals surface area contributed by atoms with E-state index in [1.54, 1.807) is 0 Å². The lowest BCUT2D eigenvalue weighted by molar-refractivity contribution is 0.317. The molecular formula is C20H44N2. The minimum absolute atomic E-state index is 0.586. The Labute approximate surface area is 141 Å². The lowest BCUT2D eigenvalue weighted by Gasteiger charge is -2.26. The minimum Gasteiger partial charge on any atom is -0.330 e. The number of nitrogens with two attached hydrogens (primary N) is 1. The summed E-state index contributed by atoms with van der Waals surface area (Å²) >= 11 is 0. The first-order valence-electron chi connectivity index (χ1n) is 9.88. The molecule has 0 aliphatic rings. The van der Waals surface area contributed by atoms with Crippen LogP contribution in [0.25, 0.3) is 0 Å². The van der Waals surface area contributed by atoms with Crippen LogP contribution in [0, 0.1) is 17.8 Å². The molecule has 3 unspecified atom stereocenters. The van der Waals surface area contributed by atoms with Crippen molar-refractivity contribution in [2.75, 3.05) is 6.54 Å². The maximum Gasteiger partial charge on any atom is 0.00443 e. The van der Waals surface area contributed by atoms with E-state index in [0.29, 0.717) is 18.0 Å². The molecule has 2 heteroatoms. The number of unbranched alkanes of at least 4 members (excludes halogenated alkanes) is 1. The van der Waals surface area contributed by atoms with Gasteiger partial charge in [0.1, 0.15) is 0 Å². The maximum atomic E-state index is 5.99. The normalized spacial score (nSPS) is 16.2. The van der Waals surface area contributed by atoms with E-state index in [4.69, 9.17) is 5.73 Å². The molecule has 22 heavy (non-hydrogen) atoms. The molecule has 0 fully saturated rings. The second kappa shape index (κ2) is 13.4. The fourth-order valence-electron chi connectivity index (χ4n) is 3.56. The zero-order valence-corrected chi connectivity index (χ0v) is 16.3. The standard InChI is InChI=1S/C20H44N2/c1-7-19(8-2)13-17(5)22-18(6)14-20(15-21)12-10-9-11-16(3)4/h16-20,22H,7-15,21H2,1-6H3. The summed E-state index contributed by atoms with van der Waals surface area (Å²) in [5, 5.41) is 3.80. The first-order valence-corrected chi connectivity index (χ1v) is 9.88. The van der Waals surface area contributed by atoms with E-state index in [-0.39, 0.29) is 0 Å². The summed E-state index contributed by atoms with van der Waals surface area (Å²) in [4.78, 5) is 0. The van der Waals surface area contributed by atoms with Gasteiger partial charge in [-0.25, -0.2) is 0 Å². The molecule has 0 rings (SSSR count). The summed E-state index contributed by atoms with van der Waals surface area (Å²) in [7, 11) is 0. The Kier molecular flexibility index (Phi) is 13.3. The fraction of sp³-hybridized carbons (Fsp3) is 1.00. The molecule has 0 aliphatic carbocycles. The molecule has 0 aromatic rings. The summed E-state index contributed by atoms with van der Waals surface area (Å²) in [5.74, 6) is 2.40. The van der Waals surface area contributed by atoms with Gasteiger partial charge in [-0.2, -0.15) is 0 Å². The van der Waals surface area contributed by atoms with Gasteiger partial charge in [0.2, 0.25) is 0 Å². The first kappa shape index (κ1) is 21.9. The van der Waals surface area contributed by atoms with Crippen molar-refractivity contribution in [3.63, 3.8) is 0 Å². The average molecular weight is 313 g/mol. The fourth-order valence-corrected chi connectivity index (χ4v) is 3.56. The molecule has 0 amide bonds. The van der Waals surface area contributed by atoms with E-state index in [0.717, 1.165) is 18.4 Å². The van der Waals surface area contributed by atoms with Crippen molar-refractivity contribution in [1.82, 2.24) is 5.32 Å². The largest absolute Gasteiger partial charge is 0.330 e. The molecule has 2 nitrogen and oxygen atoms in total. The van der Waals surface area contributed by atoms with Crippen LogP contribution in [-0.2, 0) is 0 Å². The van der Waals surface area contributed by atoms with Crippen molar-refractivity contribution >= 4 is 0 Å². The Morgan fingerprint density at radius 1 is 0.773 bits per heavy atom. The van der Waals surface area contributed by atoms with Crippen LogP contribution in [0.2, 0.25) is 0 Å². The van der Waals surface area contributed by atoms with E-state index in [2.05, 4.69) is 46.9 Å². The van der Waals surface area contributed by atoms with Crippen LogP contribution >= 0.6 is 0 Å². The Hall–Kier alpha value is -0.0800. The van der Waals surface area contributed by atoms with Crippen LogP contribution in [0.5, 0.6) is 0 Å². The van der Waals surface area contributed by atoms with Gasteiger partial charge in [-0.05, 0) is 57.4 Å². The summed E-state index contributed by atoms with van der Waals surface area (Å²) in [6, 6.07) is 1.21. The van der Waals surface area contributed by atoms with Gasteiger partial charge in [0.25, 0.3) is 0 Å². The van der Waals surface area contributed by atoms with Crippen molar-refractivity contribution in [3.8, 4) is 0 Å². The molecule has 3 N–H and O–H groups in total. The summed E-state index contributed by atoms with van der Waals surface area (Å²) in [6.07, 6.45) is 10.5. The molecule has 134 valence electrons. The van der Waals surface area contributed by atoms with Crippen LogP contribution in [0.3, 0.4) is 0 Å². The van der Waals surface area contributed by atoms with Crippen LogP contribution in [0.4, 0.5) is 0 Å². The maximum absolute atomic E-state index is 5.99. The number of hydrogen-bond donors (Lipinski definition) is 2. The van der Waals surface area contributed by atoms with E-state index < -0.39 is 0 Å². The predicted octanol–water partition coefficient (Wildman–Crippen LogP) is 5.36. The lowest BCUT2D eigenvalue weighted by atomic mass is 9.92.